The van der Waals surface area contributed by atoms with Gasteiger partial charge in [0.25, 0.3) is 0 Å². The number of rotatable bonds is 6. The van der Waals surface area contributed by atoms with Crippen LogP contribution in [0.4, 0.5) is 0 Å². The van der Waals surface area contributed by atoms with Crippen LogP contribution >= 0.6 is 0 Å². The molecule has 0 saturated carbocycles. The Kier molecular flexibility index (Phi) is 6.99. The first kappa shape index (κ1) is 17.0. The topological polar surface area (TPSA) is 75.4 Å². The normalized spacial score (nSPS) is 18.1. The van der Waals surface area contributed by atoms with Crippen LogP contribution in [0.3, 0.4) is 0 Å². The van der Waals surface area contributed by atoms with Crippen LogP contribution in [0.1, 0.15) is 46.5 Å². The Hall–Kier alpha value is -1.10. The summed E-state index contributed by atoms with van der Waals surface area (Å²) in [6, 6.07) is 0.220. The molecule has 20 heavy (non-hydrogen) atoms. The Morgan fingerprint density at radius 2 is 1.90 bits per heavy atom. The molecule has 1 fully saturated rings. The van der Waals surface area contributed by atoms with Gasteiger partial charge in [-0.1, -0.05) is 13.8 Å². The lowest BCUT2D eigenvalue weighted by atomic mass is 9.93. The van der Waals surface area contributed by atoms with Gasteiger partial charge in [-0.3, -0.25) is 9.59 Å². The molecule has 1 rings (SSSR count). The second-order valence-electron chi connectivity index (χ2n) is 6.29. The largest absolute Gasteiger partial charge is 0.353 e. The number of amides is 2. The van der Waals surface area contributed by atoms with E-state index in [1.54, 1.807) is 0 Å². The van der Waals surface area contributed by atoms with Crippen LogP contribution in [0, 0.1) is 11.8 Å². The molecule has 2 amide bonds. The lowest BCUT2D eigenvalue weighted by Gasteiger charge is -2.33. The van der Waals surface area contributed by atoms with Crippen LogP contribution in [-0.4, -0.2) is 42.4 Å². The smallest absolute Gasteiger partial charge is 0.222 e. The average Bonchev–Trinajstić information content (AvgIpc) is 2.37. The zero-order valence-corrected chi connectivity index (χ0v) is 13.0. The summed E-state index contributed by atoms with van der Waals surface area (Å²) in [5, 5.41) is 2.92. The zero-order valence-electron chi connectivity index (χ0n) is 13.0. The highest BCUT2D eigenvalue weighted by atomic mass is 16.2. The molecule has 0 aromatic heterocycles. The van der Waals surface area contributed by atoms with Crippen molar-refractivity contribution in [2.45, 2.75) is 52.5 Å². The van der Waals surface area contributed by atoms with E-state index in [4.69, 9.17) is 5.73 Å². The van der Waals surface area contributed by atoms with E-state index in [1.807, 2.05) is 4.90 Å². The van der Waals surface area contributed by atoms with Crippen LogP contribution in [0.25, 0.3) is 0 Å². The maximum Gasteiger partial charge on any atom is 0.222 e. The van der Waals surface area contributed by atoms with E-state index < -0.39 is 0 Å². The van der Waals surface area contributed by atoms with Crippen LogP contribution in [0.2, 0.25) is 0 Å². The summed E-state index contributed by atoms with van der Waals surface area (Å²) in [6.45, 7) is 7.91. The van der Waals surface area contributed by atoms with Gasteiger partial charge in [0.2, 0.25) is 11.8 Å². The lowest BCUT2D eigenvalue weighted by Crippen LogP contribution is -2.46. The fourth-order valence-electron chi connectivity index (χ4n) is 2.87. The Bertz CT molecular complexity index is 323. The van der Waals surface area contributed by atoms with E-state index in [1.165, 1.54) is 6.92 Å². The fourth-order valence-corrected chi connectivity index (χ4v) is 2.87. The Balaban J connectivity index is 2.36. The second kappa shape index (κ2) is 8.25. The number of piperidine rings is 1. The van der Waals surface area contributed by atoms with E-state index in [2.05, 4.69) is 19.2 Å². The Labute approximate surface area is 122 Å². The van der Waals surface area contributed by atoms with Crippen LogP contribution < -0.4 is 11.1 Å². The van der Waals surface area contributed by atoms with Crippen molar-refractivity contribution in [1.29, 1.82) is 0 Å². The van der Waals surface area contributed by atoms with Gasteiger partial charge in [-0.2, -0.15) is 0 Å². The van der Waals surface area contributed by atoms with Crippen LogP contribution in [0.15, 0.2) is 0 Å². The van der Waals surface area contributed by atoms with Gasteiger partial charge in [-0.25, -0.2) is 0 Å². The third kappa shape index (κ3) is 5.90. The molecule has 1 aliphatic heterocycles. The fraction of sp³-hybridized carbons (Fsp3) is 0.867. The molecule has 3 N–H and O–H groups in total. The zero-order chi connectivity index (χ0) is 15.1. The second-order valence-corrected chi connectivity index (χ2v) is 6.29. The predicted molar refractivity (Wildman–Crippen MR) is 80.0 cm³/mol. The summed E-state index contributed by atoms with van der Waals surface area (Å²) in [5.41, 5.74) is 5.76. The van der Waals surface area contributed by atoms with E-state index in [0.29, 0.717) is 18.9 Å². The molecule has 5 nitrogen and oxygen atoms in total. The Morgan fingerprint density at radius 3 is 2.35 bits per heavy atom. The number of nitrogens with two attached hydrogens (primary N) is 1. The molecule has 1 saturated heterocycles. The summed E-state index contributed by atoms with van der Waals surface area (Å²) in [4.78, 5) is 25.2. The minimum atomic E-state index is 0.00917. The molecule has 5 heteroatoms. The monoisotopic (exact) mass is 283 g/mol. The summed E-state index contributed by atoms with van der Waals surface area (Å²) in [6.07, 6.45) is 3.26. The maximum absolute atomic E-state index is 12.3. The molecule has 0 radical (unpaired) electrons. The number of hydrogen-bond donors (Lipinski definition) is 2. The summed E-state index contributed by atoms with van der Waals surface area (Å²) in [5.74, 6) is 1.08. The molecule has 1 aliphatic rings. The quantitative estimate of drug-likeness (QED) is 0.767. The number of carbonyl (C=O) groups is 2. The summed E-state index contributed by atoms with van der Waals surface area (Å²) >= 11 is 0. The van der Waals surface area contributed by atoms with Gasteiger partial charge in [0.1, 0.15) is 0 Å². The molecule has 0 aromatic carbocycles. The molecule has 1 heterocycles. The molecule has 0 aliphatic carbocycles. The van der Waals surface area contributed by atoms with Crippen molar-refractivity contribution in [3.63, 3.8) is 0 Å². The van der Waals surface area contributed by atoms with Crippen molar-refractivity contribution in [3.8, 4) is 0 Å². The molecule has 0 aromatic rings. The molecule has 1 atom stereocenters. The van der Waals surface area contributed by atoms with Gasteiger partial charge >= 0.3 is 0 Å². The van der Waals surface area contributed by atoms with Crippen molar-refractivity contribution in [3.05, 3.63) is 0 Å². The average molecular weight is 283 g/mol. The summed E-state index contributed by atoms with van der Waals surface area (Å²) in [7, 11) is 0. The first-order chi connectivity index (χ1) is 9.42. The van der Waals surface area contributed by atoms with Crippen LogP contribution in [0.5, 0.6) is 0 Å². The van der Waals surface area contributed by atoms with Gasteiger partial charge in [-0.15, -0.1) is 0 Å². The molecule has 0 spiro atoms. The first-order valence-electron chi connectivity index (χ1n) is 7.67. The standard InChI is InChI=1S/C15H29N3O2/c1-11(2)8-13(10-16)9-15(20)18-6-4-14(5-7-18)17-12(3)19/h11,13-14H,4-10,16H2,1-3H3,(H,17,19)/t13-/m0/s1. The highest BCUT2D eigenvalue weighted by molar-refractivity contribution is 5.76. The number of hydrogen-bond acceptors (Lipinski definition) is 3. The third-order valence-electron chi connectivity index (χ3n) is 3.86. The minimum absolute atomic E-state index is 0.00917. The van der Waals surface area contributed by atoms with E-state index >= 15 is 0 Å². The molecular weight excluding hydrogens is 254 g/mol. The van der Waals surface area contributed by atoms with E-state index in [9.17, 15) is 9.59 Å². The lowest BCUT2D eigenvalue weighted by molar-refractivity contribution is -0.133. The summed E-state index contributed by atoms with van der Waals surface area (Å²) < 4.78 is 0. The molecule has 0 bridgehead atoms. The maximum atomic E-state index is 12.3. The molecule has 116 valence electrons. The van der Waals surface area contributed by atoms with Gasteiger partial charge in [0.15, 0.2) is 0 Å². The third-order valence-corrected chi connectivity index (χ3v) is 3.86. The highest BCUT2D eigenvalue weighted by Crippen LogP contribution is 2.18. The number of nitrogens with one attached hydrogen (secondary N) is 1. The van der Waals surface area contributed by atoms with Crippen molar-refractivity contribution < 1.29 is 9.59 Å². The van der Waals surface area contributed by atoms with Crippen molar-refractivity contribution in [2.75, 3.05) is 19.6 Å². The van der Waals surface area contributed by atoms with Crippen molar-refractivity contribution >= 4 is 11.8 Å². The number of carbonyl (C=O) groups excluding carboxylic acids is 2. The number of nitrogens with zero attached hydrogens (tertiary/aromatic N) is 1. The SMILES string of the molecule is CC(=O)NC1CCN(C(=O)C[C@@H](CN)CC(C)C)CC1. The molecular formula is C15H29N3O2. The Morgan fingerprint density at radius 1 is 1.30 bits per heavy atom. The molecule has 0 unspecified atom stereocenters. The van der Waals surface area contributed by atoms with Gasteiger partial charge in [0, 0.05) is 32.5 Å². The number of likely N-dealkylation sites (tertiary alicyclic amines) is 1. The van der Waals surface area contributed by atoms with Crippen molar-refractivity contribution in [2.24, 2.45) is 17.6 Å². The van der Waals surface area contributed by atoms with Gasteiger partial charge in [0.05, 0.1) is 0 Å². The van der Waals surface area contributed by atoms with Gasteiger partial charge < -0.3 is 16.0 Å². The van der Waals surface area contributed by atoms with Crippen LogP contribution in [-0.2, 0) is 9.59 Å². The predicted octanol–water partition coefficient (Wildman–Crippen LogP) is 1.12. The van der Waals surface area contributed by atoms with Gasteiger partial charge in [-0.05, 0) is 37.6 Å². The minimum Gasteiger partial charge on any atom is -0.353 e. The van der Waals surface area contributed by atoms with E-state index in [-0.39, 0.29) is 23.8 Å². The highest BCUT2D eigenvalue weighted by Gasteiger charge is 2.24. The van der Waals surface area contributed by atoms with Crippen molar-refractivity contribution in [1.82, 2.24) is 10.2 Å². The first-order valence-corrected chi connectivity index (χ1v) is 7.67. The van der Waals surface area contributed by atoms with E-state index in [0.717, 1.165) is 32.4 Å².